The minimum absolute atomic E-state index is 0.749. The maximum Gasteiger partial charge on any atom is 0.185 e. The summed E-state index contributed by atoms with van der Waals surface area (Å²) in [6, 6.07) is 7.83. The molecule has 0 saturated heterocycles. The van der Waals surface area contributed by atoms with Crippen LogP contribution in [-0.4, -0.2) is 19.1 Å². The minimum Gasteiger partial charge on any atom is -0.327 e. The molecule has 106 valence electrons. The number of aromatic nitrogens is 4. The van der Waals surface area contributed by atoms with Gasteiger partial charge in [0.05, 0.1) is 0 Å². The van der Waals surface area contributed by atoms with E-state index in [1.807, 2.05) is 59.9 Å². The Balaban J connectivity index is 1.77. The van der Waals surface area contributed by atoms with Gasteiger partial charge in [-0.3, -0.25) is 0 Å². The zero-order chi connectivity index (χ0) is 15.4. The summed E-state index contributed by atoms with van der Waals surface area (Å²) in [5.74, 6) is 13.8. The molecule has 0 N–H and O–H groups in total. The Kier molecular flexibility index (Phi) is 3.76. The lowest BCUT2D eigenvalue weighted by Gasteiger charge is -1.93. The zero-order valence-electron chi connectivity index (χ0n) is 12.4. The van der Waals surface area contributed by atoms with Gasteiger partial charge in [-0.25, -0.2) is 9.97 Å². The maximum atomic E-state index is 4.17. The second kappa shape index (κ2) is 6.03. The van der Waals surface area contributed by atoms with Crippen LogP contribution in [0.15, 0.2) is 49.1 Å². The highest BCUT2D eigenvalue weighted by atomic mass is 15.0. The molecule has 0 bridgehead atoms. The van der Waals surface area contributed by atoms with Gasteiger partial charge in [0.2, 0.25) is 0 Å². The molecule has 2 heterocycles. The first kappa shape index (κ1) is 13.7. The van der Waals surface area contributed by atoms with Crippen molar-refractivity contribution < 1.29 is 0 Å². The number of hydrogen-bond acceptors (Lipinski definition) is 2. The van der Waals surface area contributed by atoms with E-state index in [0.717, 1.165) is 22.8 Å². The lowest BCUT2D eigenvalue weighted by Crippen LogP contribution is -1.90. The van der Waals surface area contributed by atoms with Crippen LogP contribution in [-0.2, 0) is 14.1 Å². The van der Waals surface area contributed by atoms with Crippen molar-refractivity contribution in [3.05, 3.63) is 71.8 Å². The minimum atomic E-state index is 0.749. The van der Waals surface area contributed by atoms with Crippen LogP contribution in [0.25, 0.3) is 0 Å². The van der Waals surface area contributed by atoms with Crippen LogP contribution in [0.1, 0.15) is 22.8 Å². The molecular weight excluding hydrogens is 272 g/mol. The average molecular weight is 286 g/mol. The van der Waals surface area contributed by atoms with E-state index in [1.54, 1.807) is 12.4 Å². The predicted octanol–water partition coefficient (Wildman–Crippen LogP) is 1.95. The number of hydrogen-bond donors (Lipinski definition) is 0. The normalized spacial score (nSPS) is 9.55. The van der Waals surface area contributed by atoms with E-state index < -0.39 is 0 Å². The molecule has 1 aromatic carbocycles. The van der Waals surface area contributed by atoms with E-state index >= 15 is 0 Å². The summed E-state index contributed by atoms with van der Waals surface area (Å²) < 4.78 is 3.78. The van der Waals surface area contributed by atoms with Crippen LogP contribution in [0.3, 0.4) is 0 Å². The second-order valence-electron chi connectivity index (χ2n) is 4.80. The molecule has 0 aliphatic carbocycles. The molecule has 2 aromatic heterocycles. The SMILES string of the molecule is Cn1ccnc1C#Cc1ccc(C#Cc2nccn2C)cc1. The van der Waals surface area contributed by atoms with Gasteiger partial charge in [-0.2, -0.15) is 0 Å². The highest BCUT2D eigenvalue weighted by Crippen LogP contribution is 2.03. The summed E-state index contributed by atoms with van der Waals surface area (Å²) in [6.07, 6.45) is 7.22. The first-order chi connectivity index (χ1) is 10.7. The lowest BCUT2D eigenvalue weighted by molar-refractivity contribution is 0.893. The quantitative estimate of drug-likeness (QED) is 0.592. The number of rotatable bonds is 0. The average Bonchev–Trinajstić information content (AvgIpc) is 3.12. The van der Waals surface area contributed by atoms with E-state index in [9.17, 15) is 0 Å². The van der Waals surface area contributed by atoms with E-state index in [4.69, 9.17) is 0 Å². The summed E-state index contributed by atoms with van der Waals surface area (Å²) >= 11 is 0. The number of aryl methyl sites for hydroxylation is 2. The first-order valence-electron chi connectivity index (χ1n) is 6.81. The van der Waals surface area contributed by atoms with Crippen molar-refractivity contribution >= 4 is 0 Å². The molecule has 4 heteroatoms. The van der Waals surface area contributed by atoms with Gasteiger partial charge in [-0.15, -0.1) is 0 Å². The second-order valence-corrected chi connectivity index (χ2v) is 4.80. The first-order valence-corrected chi connectivity index (χ1v) is 6.81. The van der Waals surface area contributed by atoms with E-state index in [-0.39, 0.29) is 0 Å². The molecule has 22 heavy (non-hydrogen) atoms. The molecule has 0 spiro atoms. The summed E-state index contributed by atoms with van der Waals surface area (Å²) in [5.41, 5.74) is 1.87. The van der Waals surface area contributed by atoms with E-state index in [2.05, 4.69) is 33.6 Å². The number of imidazole rings is 2. The molecular formula is C18H14N4. The van der Waals surface area contributed by atoms with Crippen LogP contribution in [0, 0.1) is 23.7 Å². The monoisotopic (exact) mass is 286 g/mol. The smallest absolute Gasteiger partial charge is 0.185 e. The van der Waals surface area contributed by atoms with Crippen molar-refractivity contribution in [2.24, 2.45) is 14.1 Å². The van der Waals surface area contributed by atoms with Crippen LogP contribution in [0.4, 0.5) is 0 Å². The van der Waals surface area contributed by atoms with Gasteiger partial charge in [-0.1, -0.05) is 11.8 Å². The van der Waals surface area contributed by atoms with Crippen LogP contribution in [0.5, 0.6) is 0 Å². The molecule has 0 amide bonds. The van der Waals surface area contributed by atoms with Crippen molar-refractivity contribution in [2.45, 2.75) is 0 Å². The van der Waals surface area contributed by atoms with Gasteiger partial charge in [0, 0.05) is 50.0 Å². The predicted molar refractivity (Wildman–Crippen MR) is 84.8 cm³/mol. The molecule has 0 aliphatic heterocycles. The van der Waals surface area contributed by atoms with E-state index in [1.165, 1.54) is 0 Å². The summed E-state index contributed by atoms with van der Waals surface area (Å²) in [7, 11) is 3.85. The Morgan fingerprint density at radius 3 is 1.41 bits per heavy atom. The van der Waals surface area contributed by atoms with Crippen LogP contribution in [0.2, 0.25) is 0 Å². The van der Waals surface area contributed by atoms with Gasteiger partial charge in [0.25, 0.3) is 0 Å². The van der Waals surface area contributed by atoms with Crippen molar-refractivity contribution in [3.63, 3.8) is 0 Å². The molecule has 4 nitrogen and oxygen atoms in total. The van der Waals surface area contributed by atoms with Gasteiger partial charge >= 0.3 is 0 Å². The van der Waals surface area contributed by atoms with Gasteiger partial charge < -0.3 is 9.13 Å². The van der Waals surface area contributed by atoms with Gasteiger partial charge in [0.15, 0.2) is 11.6 Å². The molecule has 0 unspecified atom stereocenters. The Bertz CT molecular complexity index is 828. The Morgan fingerprint density at radius 1 is 0.682 bits per heavy atom. The standard InChI is InChI=1S/C18H14N4/c1-21-13-11-19-17(21)9-7-15-3-5-16(6-4-15)8-10-18-20-12-14-22(18)2/h3-6,11-14H,1-2H3. The zero-order valence-corrected chi connectivity index (χ0v) is 12.4. The molecule has 0 aliphatic rings. The van der Waals surface area contributed by atoms with Crippen LogP contribution < -0.4 is 0 Å². The summed E-state index contributed by atoms with van der Waals surface area (Å²) in [6.45, 7) is 0. The fraction of sp³-hybridized carbons (Fsp3) is 0.111. The fourth-order valence-corrected chi connectivity index (χ4v) is 1.87. The molecule has 0 radical (unpaired) electrons. The topological polar surface area (TPSA) is 35.6 Å². The molecule has 0 fully saturated rings. The third-order valence-corrected chi connectivity index (χ3v) is 3.16. The van der Waals surface area contributed by atoms with Crippen molar-refractivity contribution in [3.8, 4) is 23.7 Å². The Morgan fingerprint density at radius 2 is 1.09 bits per heavy atom. The largest absolute Gasteiger partial charge is 0.327 e. The molecule has 0 saturated carbocycles. The highest BCUT2D eigenvalue weighted by Gasteiger charge is 1.94. The lowest BCUT2D eigenvalue weighted by atomic mass is 10.1. The van der Waals surface area contributed by atoms with Gasteiger partial charge in [0.1, 0.15) is 0 Å². The van der Waals surface area contributed by atoms with Crippen molar-refractivity contribution in [1.29, 1.82) is 0 Å². The van der Waals surface area contributed by atoms with Gasteiger partial charge in [-0.05, 0) is 36.1 Å². The Labute approximate surface area is 129 Å². The molecule has 3 aromatic rings. The van der Waals surface area contributed by atoms with Crippen molar-refractivity contribution in [1.82, 2.24) is 19.1 Å². The third kappa shape index (κ3) is 3.08. The molecule has 0 atom stereocenters. The van der Waals surface area contributed by atoms with Crippen LogP contribution >= 0.6 is 0 Å². The number of nitrogens with zero attached hydrogens (tertiary/aromatic N) is 4. The summed E-state index contributed by atoms with van der Waals surface area (Å²) in [4.78, 5) is 8.34. The number of benzene rings is 1. The molecule has 3 rings (SSSR count). The fourth-order valence-electron chi connectivity index (χ4n) is 1.87. The van der Waals surface area contributed by atoms with E-state index in [0.29, 0.717) is 0 Å². The maximum absolute atomic E-state index is 4.17. The summed E-state index contributed by atoms with van der Waals surface area (Å²) in [5, 5.41) is 0. The van der Waals surface area contributed by atoms with Crippen molar-refractivity contribution in [2.75, 3.05) is 0 Å². The third-order valence-electron chi connectivity index (χ3n) is 3.16. The highest BCUT2D eigenvalue weighted by molar-refractivity contribution is 5.44. The Hall–Kier alpha value is -3.24.